The number of thiazole rings is 1. The molecule has 0 N–H and O–H groups in total. The average molecular weight is 340 g/mol. The van der Waals surface area contributed by atoms with Crippen LogP contribution in [0.25, 0.3) is 0 Å². The fourth-order valence-corrected chi connectivity index (χ4v) is 3.55. The van der Waals surface area contributed by atoms with E-state index in [4.69, 9.17) is 11.6 Å². The van der Waals surface area contributed by atoms with Gasteiger partial charge in [-0.15, -0.1) is 11.3 Å². The third-order valence-corrected chi connectivity index (χ3v) is 4.96. The number of nitrogens with zero attached hydrogens (tertiary/aromatic N) is 3. The van der Waals surface area contributed by atoms with Gasteiger partial charge in [0.2, 0.25) is 0 Å². The maximum Gasteiger partial charge on any atom is 0.258 e. The summed E-state index contributed by atoms with van der Waals surface area (Å²) in [7, 11) is 0. The predicted octanol–water partition coefficient (Wildman–Crippen LogP) is 3.21. The van der Waals surface area contributed by atoms with E-state index < -0.39 is 5.82 Å². The molecule has 2 heterocycles. The van der Waals surface area contributed by atoms with Gasteiger partial charge < -0.3 is 9.80 Å². The summed E-state index contributed by atoms with van der Waals surface area (Å²) in [5.74, 6) is -0.923. The zero-order valence-corrected chi connectivity index (χ0v) is 13.6. The minimum atomic E-state index is -0.574. The Morgan fingerprint density at radius 3 is 2.64 bits per heavy atom. The van der Waals surface area contributed by atoms with E-state index in [0.717, 1.165) is 10.8 Å². The number of aromatic nitrogens is 1. The Morgan fingerprint density at radius 1 is 1.32 bits per heavy atom. The summed E-state index contributed by atoms with van der Waals surface area (Å²) in [5, 5.41) is 3.13. The number of hydrogen-bond donors (Lipinski definition) is 0. The molecule has 4 nitrogen and oxygen atoms in total. The molecule has 0 saturated carbocycles. The molecule has 1 aliphatic rings. The van der Waals surface area contributed by atoms with E-state index in [2.05, 4.69) is 9.88 Å². The monoisotopic (exact) mass is 339 g/mol. The number of carbonyl (C=O) groups is 1. The van der Waals surface area contributed by atoms with Crippen LogP contribution in [-0.2, 0) is 0 Å². The molecule has 0 radical (unpaired) electrons. The van der Waals surface area contributed by atoms with Gasteiger partial charge in [-0.1, -0.05) is 17.7 Å². The van der Waals surface area contributed by atoms with Crippen LogP contribution in [0.15, 0.2) is 23.6 Å². The van der Waals surface area contributed by atoms with Crippen LogP contribution in [0.2, 0.25) is 5.02 Å². The molecule has 0 spiro atoms. The smallest absolute Gasteiger partial charge is 0.258 e. The normalized spacial score (nSPS) is 15.2. The largest absolute Gasteiger partial charge is 0.345 e. The van der Waals surface area contributed by atoms with Gasteiger partial charge in [0.05, 0.1) is 16.3 Å². The summed E-state index contributed by atoms with van der Waals surface area (Å²) in [6.45, 7) is 4.39. The zero-order chi connectivity index (χ0) is 15.7. The molecule has 116 valence electrons. The Hall–Kier alpha value is -1.66. The first kappa shape index (κ1) is 15.2. The van der Waals surface area contributed by atoms with Crippen LogP contribution in [-0.4, -0.2) is 42.0 Å². The number of amides is 1. The first-order chi connectivity index (χ1) is 10.6. The van der Waals surface area contributed by atoms with E-state index in [1.165, 1.54) is 18.2 Å². The topological polar surface area (TPSA) is 36.4 Å². The molecule has 1 fully saturated rings. The molecule has 1 aromatic heterocycles. The lowest BCUT2D eigenvalue weighted by Crippen LogP contribution is -2.49. The second-order valence-corrected chi connectivity index (χ2v) is 6.39. The van der Waals surface area contributed by atoms with Crippen molar-refractivity contribution in [2.45, 2.75) is 6.92 Å². The zero-order valence-electron chi connectivity index (χ0n) is 12.1. The number of piperazine rings is 1. The van der Waals surface area contributed by atoms with Gasteiger partial charge in [0.25, 0.3) is 5.91 Å². The standard InChI is InChI=1S/C15H15ClFN3OS/c1-10-9-22-15(18-10)20-7-5-19(6-8-20)14(21)13-11(16)3-2-4-12(13)17/h2-4,9H,5-8H2,1H3. The van der Waals surface area contributed by atoms with E-state index >= 15 is 0 Å². The van der Waals surface area contributed by atoms with Crippen molar-refractivity contribution in [1.29, 1.82) is 0 Å². The van der Waals surface area contributed by atoms with Crippen molar-refractivity contribution in [2.75, 3.05) is 31.1 Å². The summed E-state index contributed by atoms with van der Waals surface area (Å²) in [6, 6.07) is 4.29. The third kappa shape index (κ3) is 2.94. The lowest BCUT2D eigenvalue weighted by atomic mass is 10.1. The quantitative estimate of drug-likeness (QED) is 0.843. The Kier molecular flexibility index (Phi) is 4.31. The number of halogens is 2. The highest BCUT2D eigenvalue weighted by Crippen LogP contribution is 2.24. The molecule has 22 heavy (non-hydrogen) atoms. The maximum absolute atomic E-state index is 13.8. The predicted molar refractivity (Wildman–Crippen MR) is 86.4 cm³/mol. The Bertz CT molecular complexity index is 678. The van der Waals surface area contributed by atoms with Gasteiger partial charge in [-0.05, 0) is 19.1 Å². The first-order valence-corrected chi connectivity index (χ1v) is 8.22. The van der Waals surface area contributed by atoms with E-state index in [1.807, 2.05) is 12.3 Å². The lowest BCUT2D eigenvalue weighted by molar-refractivity contribution is 0.0742. The van der Waals surface area contributed by atoms with E-state index in [9.17, 15) is 9.18 Å². The van der Waals surface area contributed by atoms with Crippen LogP contribution >= 0.6 is 22.9 Å². The minimum Gasteiger partial charge on any atom is -0.345 e. The molecule has 1 aliphatic heterocycles. The maximum atomic E-state index is 13.8. The van der Waals surface area contributed by atoms with Crippen molar-refractivity contribution >= 4 is 34.0 Å². The summed E-state index contributed by atoms with van der Waals surface area (Å²) in [6.07, 6.45) is 0. The summed E-state index contributed by atoms with van der Waals surface area (Å²) >= 11 is 7.56. The fraction of sp³-hybridized carbons (Fsp3) is 0.333. The molecule has 1 amide bonds. The minimum absolute atomic E-state index is 0.0392. The molecular weight excluding hydrogens is 325 g/mol. The third-order valence-electron chi connectivity index (χ3n) is 3.62. The van der Waals surface area contributed by atoms with Crippen molar-refractivity contribution in [3.05, 3.63) is 45.7 Å². The van der Waals surface area contributed by atoms with E-state index in [-0.39, 0.29) is 16.5 Å². The van der Waals surface area contributed by atoms with Crippen LogP contribution in [0.4, 0.5) is 9.52 Å². The molecule has 1 saturated heterocycles. The molecule has 3 rings (SSSR count). The SMILES string of the molecule is Cc1csc(N2CCN(C(=O)c3c(F)cccc3Cl)CC2)n1. The molecular formula is C15H15ClFN3OS. The number of benzene rings is 1. The van der Waals surface area contributed by atoms with E-state index in [1.54, 1.807) is 16.2 Å². The lowest BCUT2D eigenvalue weighted by Gasteiger charge is -2.34. The van der Waals surface area contributed by atoms with Gasteiger partial charge in [-0.2, -0.15) is 0 Å². The molecule has 0 aliphatic carbocycles. The second kappa shape index (κ2) is 6.22. The van der Waals surface area contributed by atoms with Gasteiger partial charge >= 0.3 is 0 Å². The van der Waals surface area contributed by atoms with Crippen LogP contribution in [0.3, 0.4) is 0 Å². The molecule has 0 bridgehead atoms. The van der Waals surface area contributed by atoms with Crippen molar-refractivity contribution in [1.82, 2.24) is 9.88 Å². The highest BCUT2D eigenvalue weighted by Gasteiger charge is 2.26. The van der Waals surface area contributed by atoms with Gasteiger partial charge in [0.1, 0.15) is 5.82 Å². The van der Waals surface area contributed by atoms with Crippen molar-refractivity contribution in [3.63, 3.8) is 0 Å². The van der Waals surface area contributed by atoms with Crippen molar-refractivity contribution < 1.29 is 9.18 Å². The van der Waals surface area contributed by atoms with Gasteiger partial charge in [0.15, 0.2) is 5.13 Å². The van der Waals surface area contributed by atoms with Gasteiger partial charge in [-0.3, -0.25) is 4.79 Å². The molecule has 0 unspecified atom stereocenters. The number of aryl methyl sites for hydroxylation is 1. The number of hydrogen-bond acceptors (Lipinski definition) is 4. The van der Waals surface area contributed by atoms with Gasteiger partial charge in [-0.25, -0.2) is 9.37 Å². The summed E-state index contributed by atoms with van der Waals surface area (Å²) in [4.78, 5) is 20.7. The number of rotatable bonds is 2. The Balaban J connectivity index is 1.70. The van der Waals surface area contributed by atoms with Crippen molar-refractivity contribution in [3.8, 4) is 0 Å². The highest BCUT2D eigenvalue weighted by molar-refractivity contribution is 7.13. The fourth-order valence-electron chi connectivity index (χ4n) is 2.45. The van der Waals surface area contributed by atoms with Crippen LogP contribution in [0, 0.1) is 12.7 Å². The number of anilines is 1. The summed E-state index contributed by atoms with van der Waals surface area (Å²) < 4.78 is 13.8. The molecule has 2 aromatic rings. The van der Waals surface area contributed by atoms with Crippen LogP contribution < -0.4 is 4.90 Å². The average Bonchev–Trinajstić information content (AvgIpc) is 2.94. The number of carbonyl (C=O) groups excluding carboxylic acids is 1. The molecule has 0 atom stereocenters. The molecule has 1 aromatic carbocycles. The summed E-state index contributed by atoms with van der Waals surface area (Å²) in [5.41, 5.74) is 0.958. The van der Waals surface area contributed by atoms with Crippen molar-refractivity contribution in [2.24, 2.45) is 0 Å². The second-order valence-electron chi connectivity index (χ2n) is 5.15. The Labute approximate surface area is 137 Å². The van der Waals surface area contributed by atoms with E-state index in [0.29, 0.717) is 26.2 Å². The highest BCUT2D eigenvalue weighted by atomic mass is 35.5. The Morgan fingerprint density at radius 2 is 2.05 bits per heavy atom. The van der Waals surface area contributed by atoms with Crippen LogP contribution in [0.1, 0.15) is 16.1 Å². The van der Waals surface area contributed by atoms with Crippen LogP contribution in [0.5, 0.6) is 0 Å². The van der Waals surface area contributed by atoms with Gasteiger partial charge in [0, 0.05) is 31.6 Å². The molecule has 7 heteroatoms. The first-order valence-electron chi connectivity index (χ1n) is 6.96.